The molecule has 1 aliphatic rings. The molecule has 0 spiro atoms. The Balaban J connectivity index is 1.69. The van der Waals surface area contributed by atoms with Crippen molar-refractivity contribution in [3.05, 3.63) is 77.9 Å². The first kappa shape index (κ1) is 19.3. The highest BCUT2D eigenvalue weighted by Gasteiger charge is 2.31. The first-order valence-electron chi connectivity index (χ1n) is 9.31. The van der Waals surface area contributed by atoms with Gasteiger partial charge in [-0.15, -0.1) is 0 Å². The van der Waals surface area contributed by atoms with Crippen molar-refractivity contribution in [3.8, 4) is 11.5 Å². The molecule has 0 fully saturated rings. The lowest BCUT2D eigenvalue weighted by atomic mass is 9.99. The van der Waals surface area contributed by atoms with E-state index >= 15 is 0 Å². The molecule has 5 nitrogen and oxygen atoms in total. The van der Waals surface area contributed by atoms with E-state index in [9.17, 15) is 4.39 Å². The summed E-state index contributed by atoms with van der Waals surface area (Å²) in [6.07, 6.45) is 2.08. The third kappa shape index (κ3) is 3.78. The van der Waals surface area contributed by atoms with Gasteiger partial charge in [0.05, 0.1) is 20.3 Å². The second-order valence-corrected chi connectivity index (χ2v) is 7.16. The minimum atomic E-state index is -0.277. The number of thiocarbonyl (C=S) groups is 1. The summed E-state index contributed by atoms with van der Waals surface area (Å²) >= 11 is 5.73. The molecule has 0 saturated heterocycles. The quantitative estimate of drug-likeness (QED) is 0.643. The zero-order valence-corrected chi connectivity index (χ0v) is 17.1. The molecule has 1 aliphatic heterocycles. The van der Waals surface area contributed by atoms with E-state index in [2.05, 4.69) is 27.0 Å². The fourth-order valence-corrected chi connectivity index (χ4v) is 4.02. The molecule has 0 saturated carbocycles. The van der Waals surface area contributed by atoms with Crippen LogP contribution in [0.5, 0.6) is 11.5 Å². The summed E-state index contributed by atoms with van der Waals surface area (Å²) in [5, 5.41) is 3.83. The molecule has 7 heteroatoms. The lowest BCUT2D eigenvalue weighted by Crippen LogP contribution is -2.44. The number of hydrogen-bond donors (Lipinski definition) is 1. The first-order valence-corrected chi connectivity index (χ1v) is 9.71. The average molecular weight is 412 g/mol. The molecule has 0 bridgehead atoms. The molecule has 1 atom stereocenters. The first-order chi connectivity index (χ1) is 14.1. The summed E-state index contributed by atoms with van der Waals surface area (Å²) in [7, 11) is 3.25. The molecule has 1 aromatic heterocycles. The topological polar surface area (TPSA) is 38.7 Å². The van der Waals surface area contributed by atoms with E-state index in [1.165, 1.54) is 12.1 Å². The summed E-state index contributed by atoms with van der Waals surface area (Å²) in [5.74, 6) is 1.08. The number of nitrogens with one attached hydrogen (secondary N) is 1. The van der Waals surface area contributed by atoms with Gasteiger partial charge in [-0.05, 0) is 66.3 Å². The van der Waals surface area contributed by atoms with Crippen molar-refractivity contribution in [1.29, 1.82) is 0 Å². The molecule has 3 aromatic rings. The van der Waals surface area contributed by atoms with Crippen LogP contribution in [-0.2, 0) is 6.54 Å². The molecule has 0 amide bonds. The standard InChI is InChI=1S/C22H22FN3O2S/c1-27-19-10-5-15(14-20(19)28-2)21-18-4-3-11-25(18)12-13-26(21)22(29)24-17-8-6-16(23)7-9-17/h3-11,14,21H,12-13H2,1-2H3,(H,24,29)/t21-/m0/s1. The average Bonchev–Trinajstić information content (AvgIpc) is 3.23. The van der Waals surface area contributed by atoms with Gasteiger partial charge in [0.2, 0.25) is 0 Å². The highest BCUT2D eigenvalue weighted by Crippen LogP contribution is 2.37. The minimum Gasteiger partial charge on any atom is -0.493 e. The number of methoxy groups -OCH3 is 2. The summed E-state index contributed by atoms with van der Waals surface area (Å²) in [6.45, 7) is 1.57. The Kier molecular flexibility index (Phi) is 5.40. The SMILES string of the molecule is COc1ccc([C@H]2c3cccn3CCN2C(=S)Nc2ccc(F)cc2)cc1OC. The lowest BCUT2D eigenvalue weighted by Gasteiger charge is -2.39. The van der Waals surface area contributed by atoms with Crippen LogP contribution < -0.4 is 14.8 Å². The van der Waals surface area contributed by atoms with Gasteiger partial charge in [0, 0.05) is 30.7 Å². The number of hydrogen-bond acceptors (Lipinski definition) is 3. The molecular formula is C22H22FN3O2S. The fourth-order valence-electron chi connectivity index (χ4n) is 3.70. The number of nitrogens with zero attached hydrogens (tertiary/aromatic N) is 2. The molecule has 2 aromatic carbocycles. The number of rotatable bonds is 4. The monoisotopic (exact) mass is 411 g/mol. The van der Waals surface area contributed by atoms with E-state index in [4.69, 9.17) is 21.7 Å². The number of ether oxygens (including phenoxy) is 2. The van der Waals surface area contributed by atoms with Crippen molar-refractivity contribution in [1.82, 2.24) is 9.47 Å². The maximum absolute atomic E-state index is 13.2. The molecule has 0 radical (unpaired) electrons. The molecule has 0 unspecified atom stereocenters. The van der Waals surface area contributed by atoms with Crippen LogP contribution in [0.25, 0.3) is 0 Å². The van der Waals surface area contributed by atoms with Gasteiger partial charge in [0.1, 0.15) is 5.82 Å². The molecule has 1 N–H and O–H groups in total. The number of aromatic nitrogens is 1. The molecule has 0 aliphatic carbocycles. The normalized spacial score (nSPS) is 15.6. The zero-order valence-electron chi connectivity index (χ0n) is 16.3. The van der Waals surface area contributed by atoms with E-state index in [0.717, 1.165) is 30.0 Å². The number of anilines is 1. The van der Waals surface area contributed by atoms with Crippen LogP contribution in [0.3, 0.4) is 0 Å². The van der Waals surface area contributed by atoms with Gasteiger partial charge >= 0.3 is 0 Å². The number of halogens is 1. The van der Waals surface area contributed by atoms with Crippen LogP contribution in [-0.4, -0.2) is 35.3 Å². The Labute approximate surface area is 174 Å². The van der Waals surface area contributed by atoms with Gasteiger partial charge < -0.3 is 24.3 Å². The van der Waals surface area contributed by atoms with E-state index in [1.807, 2.05) is 24.3 Å². The zero-order chi connectivity index (χ0) is 20.4. The van der Waals surface area contributed by atoms with Gasteiger partial charge in [-0.1, -0.05) is 6.07 Å². The van der Waals surface area contributed by atoms with E-state index in [-0.39, 0.29) is 11.9 Å². The summed E-state index contributed by atoms with van der Waals surface area (Å²) in [5.41, 5.74) is 2.95. The third-order valence-electron chi connectivity index (χ3n) is 5.12. The Morgan fingerprint density at radius 3 is 2.52 bits per heavy atom. The van der Waals surface area contributed by atoms with Crippen LogP contribution in [0.2, 0.25) is 0 Å². The molecule has 4 rings (SSSR count). The van der Waals surface area contributed by atoms with Crippen molar-refractivity contribution in [2.24, 2.45) is 0 Å². The fraction of sp³-hybridized carbons (Fsp3) is 0.227. The predicted molar refractivity (Wildman–Crippen MR) is 115 cm³/mol. The van der Waals surface area contributed by atoms with Crippen LogP contribution in [0.4, 0.5) is 10.1 Å². The maximum atomic E-state index is 13.2. The Bertz CT molecular complexity index is 1020. The van der Waals surface area contributed by atoms with Crippen molar-refractivity contribution in [2.75, 3.05) is 26.1 Å². The van der Waals surface area contributed by atoms with Crippen LogP contribution in [0.1, 0.15) is 17.3 Å². The smallest absolute Gasteiger partial charge is 0.174 e. The second kappa shape index (κ2) is 8.13. The second-order valence-electron chi connectivity index (χ2n) is 6.77. The summed E-state index contributed by atoms with van der Waals surface area (Å²) in [4.78, 5) is 2.15. The molecule has 150 valence electrons. The van der Waals surface area contributed by atoms with Crippen LogP contribution in [0.15, 0.2) is 60.8 Å². The van der Waals surface area contributed by atoms with Gasteiger partial charge in [-0.3, -0.25) is 0 Å². The van der Waals surface area contributed by atoms with Crippen molar-refractivity contribution >= 4 is 23.0 Å². The largest absolute Gasteiger partial charge is 0.493 e. The summed E-state index contributed by atoms with van der Waals surface area (Å²) < 4.78 is 26.4. The van der Waals surface area contributed by atoms with Gasteiger partial charge in [0.15, 0.2) is 16.6 Å². The molecular weight excluding hydrogens is 389 g/mol. The van der Waals surface area contributed by atoms with E-state index in [1.54, 1.807) is 26.4 Å². The van der Waals surface area contributed by atoms with E-state index in [0.29, 0.717) is 16.6 Å². The number of fused-ring (bicyclic) bond motifs is 1. The van der Waals surface area contributed by atoms with Gasteiger partial charge in [-0.2, -0.15) is 0 Å². The van der Waals surface area contributed by atoms with Gasteiger partial charge in [0.25, 0.3) is 0 Å². The Hall–Kier alpha value is -3.06. The highest BCUT2D eigenvalue weighted by molar-refractivity contribution is 7.80. The summed E-state index contributed by atoms with van der Waals surface area (Å²) in [6, 6.07) is 16.2. The number of benzene rings is 2. The van der Waals surface area contributed by atoms with Gasteiger partial charge in [-0.25, -0.2) is 4.39 Å². The third-order valence-corrected chi connectivity index (χ3v) is 5.45. The van der Waals surface area contributed by atoms with Crippen molar-refractivity contribution in [3.63, 3.8) is 0 Å². The Morgan fingerprint density at radius 2 is 1.79 bits per heavy atom. The van der Waals surface area contributed by atoms with Crippen LogP contribution in [0, 0.1) is 5.82 Å². The van der Waals surface area contributed by atoms with Crippen LogP contribution >= 0.6 is 12.2 Å². The van der Waals surface area contributed by atoms with E-state index < -0.39 is 0 Å². The predicted octanol–water partition coefficient (Wildman–Crippen LogP) is 4.45. The van der Waals surface area contributed by atoms with Crippen molar-refractivity contribution < 1.29 is 13.9 Å². The lowest BCUT2D eigenvalue weighted by molar-refractivity contribution is 0.291. The molecule has 29 heavy (non-hydrogen) atoms. The maximum Gasteiger partial charge on any atom is 0.174 e. The molecule has 2 heterocycles. The minimum absolute atomic E-state index is 0.0843. The highest BCUT2D eigenvalue weighted by atomic mass is 32.1. The Morgan fingerprint density at radius 1 is 1.03 bits per heavy atom. The van der Waals surface area contributed by atoms with Crippen molar-refractivity contribution in [2.45, 2.75) is 12.6 Å².